The highest BCUT2D eigenvalue weighted by atomic mass is 16.6. The number of anilines is 1. The number of carbonyl (C=O) groups excluding carboxylic acids is 2. The zero-order valence-electron chi connectivity index (χ0n) is 15.0. The molecule has 1 fully saturated rings. The summed E-state index contributed by atoms with van der Waals surface area (Å²) >= 11 is 0. The van der Waals surface area contributed by atoms with E-state index >= 15 is 0 Å². The molecule has 1 N–H and O–H groups in total. The van der Waals surface area contributed by atoms with Crippen LogP contribution in [0.4, 0.5) is 5.69 Å². The molecular formula is C20H25NO5. The minimum Gasteiger partial charge on any atom is -0.497 e. The van der Waals surface area contributed by atoms with Gasteiger partial charge in [-0.25, -0.2) is 0 Å². The zero-order valence-corrected chi connectivity index (χ0v) is 15.0. The predicted molar refractivity (Wildman–Crippen MR) is 96.9 cm³/mol. The molecule has 1 heterocycles. The van der Waals surface area contributed by atoms with Gasteiger partial charge in [0.05, 0.1) is 25.0 Å². The lowest BCUT2D eigenvalue weighted by atomic mass is 9.82. The van der Waals surface area contributed by atoms with E-state index in [0.29, 0.717) is 18.5 Å². The van der Waals surface area contributed by atoms with Crippen molar-refractivity contribution >= 4 is 17.6 Å². The maximum Gasteiger partial charge on any atom is 0.310 e. The summed E-state index contributed by atoms with van der Waals surface area (Å²) < 4.78 is 16.0. The molecule has 6 heteroatoms. The zero-order chi connectivity index (χ0) is 18.4. The first kappa shape index (κ1) is 18.5. The van der Waals surface area contributed by atoms with E-state index in [1.54, 1.807) is 31.4 Å². The molecular weight excluding hydrogens is 334 g/mol. The number of amides is 1. The van der Waals surface area contributed by atoms with E-state index in [2.05, 4.69) is 5.32 Å². The third-order valence-electron chi connectivity index (χ3n) is 4.86. The summed E-state index contributed by atoms with van der Waals surface area (Å²) in [5, 5.41) is 2.88. The maximum absolute atomic E-state index is 12.7. The quantitative estimate of drug-likeness (QED) is 0.624. The van der Waals surface area contributed by atoms with Gasteiger partial charge in [0, 0.05) is 12.3 Å². The van der Waals surface area contributed by atoms with Gasteiger partial charge in [0.2, 0.25) is 5.91 Å². The van der Waals surface area contributed by atoms with Crippen molar-refractivity contribution in [3.8, 4) is 5.75 Å². The Hall–Kier alpha value is -2.34. The molecule has 1 aromatic rings. The Morgan fingerprint density at radius 3 is 2.54 bits per heavy atom. The second-order valence-corrected chi connectivity index (χ2v) is 6.64. The molecule has 0 unspecified atom stereocenters. The Kier molecular flexibility index (Phi) is 6.28. The molecule has 1 aromatic carbocycles. The number of esters is 1. The van der Waals surface area contributed by atoms with Gasteiger partial charge in [-0.1, -0.05) is 12.2 Å². The van der Waals surface area contributed by atoms with Gasteiger partial charge in [0.25, 0.3) is 0 Å². The standard InChI is InChI=1S/C20H25NO5/c1-24-15-10-8-14(9-11-15)21-19(22)17-6-2-3-7-18(17)20(23)26-13-16-5-4-12-25-16/h2-3,8-11,16-18H,4-7,12-13H2,1H3,(H,21,22)/t16-,17-,18-/m0/s1. The molecule has 3 atom stereocenters. The summed E-state index contributed by atoms with van der Waals surface area (Å²) in [6.07, 6.45) is 6.84. The van der Waals surface area contributed by atoms with Crippen LogP contribution in [0.3, 0.4) is 0 Å². The number of hydrogen-bond donors (Lipinski definition) is 1. The van der Waals surface area contributed by atoms with Crippen LogP contribution in [0.25, 0.3) is 0 Å². The third-order valence-corrected chi connectivity index (χ3v) is 4.86. The molecule has 0 bridgehead atoms. The fraction of sp³-hybridized carbons (Fsp3) is 0.500. The Bertz CT molecular complexity index is 649. The molecule has 0 spiro atoms. The molecule has 0 saturated carbocycles. The summed E-state index contributed by atoms with van der Waals surface area (Å²) in [4.78, 5) is 25.2. The summed E-state index contributed by atoms with van der Waals surface area (Å²) in [5.74, 6) is -0.656. The van der Waals surface area contributed by atoms with Crippen molar-refractivity contribution in [2.24, 2.45) is 11.8 Å². The van der Waals surface area contributed by atoms with Crippen LogP contribution in [0, 0.1) is 11.8 Å². The van der Waals surface area contributed by atoms with E-state index in [1.165, 1.54) is 0 Å². The highest BCUT2D eigenvalue weighted by Crippen LogP contribution is 2.29. The van der Waals surface area contributed by atoms with Crippen molar-refractivity contribution in [3.63, 3.8) is 0 Å². The molecule has 1 saturated heterocycles. The summed E-state index contributed by atoms with van der Waals surface area (Å²) in [7, 11) is 1.59. The molecule has 140 valence electrons. The maximum atomic E-state index is 12.7. The number of nitrogens with one attached hydrogen (secondary N) is 1. The number of carbonyl (C=O) groups is 2. The number of benzene rings is 1. The van der Waals surface area contributed by atoms with E-state index in [9.17, 15) is 9.59 Å². The molecule has 1 aliphatic carbocycles. The Morgan fingerprint density at radius 2 is 1.88 bits per heavy atom. The lowest BCUT2D eigenvalue weighted by Crippen LogP contribution is -2.36. The van der Waals surface area contributed by atoms with E-state index < -0.39 is 11.8 Å². The third kappa shape index (κ3) is 4.64. The van der Waals surface area contributed by atoms with Gasteiger partial charge in [-0.05, 0) is 49.9 Å². The van der Waals surface area contributed by atoms with Crippen molar-refractivity contribution in [1.82, 2.24) is 0 Å². The van der Waals surface area contributed by atoms with Crippen LogP contribution in [0.2, 0.25) is 0 Å². The highest BCUT2D eigenvalue weighted by molar-refractivity contribution is 5.95. The molecule has 3 rings (SSSR count). The normalized spacial score (nSPS) is 24.9. The molecule has 0 radical (unpaired) electrons. The van der Waals surface area contributed by atoms with Crippen LogP contribution in [0.15, 0.2) is 36.4 Å². The lowest BCUT2D eigenvalue weighted by molar-refractivity contribution is -0.155. The van der Waals surface area contributed by atoms with Crippen molar-refractivity contribution in [3.05, 3.63) is 36.4 Å². The summed E-state index contributed by atoms with van der Waals surface area (Å²) in [6, 6.07) is 7.12. The number of ether oxygens (including phenoxy) is 3. The second kappa shape index (κ2) is 8.85. The first-order valence-electron chi connectivity index (χ1n) is 9.05. The van der Waals surface area contributed by atoms with E-state index in [4.69, 9.17) is 14.2 Å². The van der Waals surface area contributed by atoms with Crippen LogP contribution >= 0.6 is 0 Å². The first-order chi connectivity index (χ1) is 12.7. The molecule has 26 heavy (non-hydrogen) atoms. The fourth-order valence-corrected chi connectivity index (χ4v) is 3.33. The van der Waals surface area contributed by atoms with Gasteiger partial charge >= 0.3 is 5.97 Å². The number of hydrogen-bond acceptors (Lipinski definition) is 5. The van der Waals surface area contributed by atoms with Gasteiger partial charge < -0.3 is 19.5 Å². The molecule has 1 aliphatic heterocycles. The molecule has 0 aromatic heterocycles. The van der Waals surface area contributed by atoms with Gasteiger partial charge in [-0.2, -0.15) is 0 Å². The van der Waals surface area contributed by atoms with Gasteiger partial charge in [-0.3, -0.25) is 9.59 Å². The minimum atomic E-state index is -0.459. The van der Waals surface area contributed by atoms with Crippen molar-refractivity contribution in [2.75, 3.05) is 25.6 Å². The van der Waals surface area contributed by atoms with Crippen LogP contribution in [-0.2, 0) is 19.1 Å². The largest absolute Gasteiger partial charge is 0.497 e. The minimum absolute atomic E-state index is 0.00958. The second-order valence-electron chi connectivity index (χ2n) is 6.64. The Morgan fingerprint density at radius 1 is 1.15 bits per heavy atom. The predicted octanol–water partition coefficient (Wildman–Crippen LogP) is 2.94. The van der Waals surface area contributed by atoms with E-state index in [0.717, 1.165) is 25.2 Å². The lowest BCUT2D eigenvalue weighted by Gasteiger charge is -2.26. The van der Waals surface area contributed by atoms with Crippen LogP contribution in [0.5, 0.6) is 5.75 Å². The van der Waals surface area contributed by atoms with Crippen molar-refractivity contribution in [1.29, 1.82) is 0 Å². The topological polar surface area (TPSA) is 73.9 Å². The van der Waals surface area contributed by atoms with E-state index in [1.807, 2.05) is 12.2 Å². The highest BCUT2D eigenvalue weighted by Gasteiger charge is 2.35. The molecule has 1 amide bonds. The van der Waals surface area contributed by atoms with Gasteiger partial charge in [0.1, 0.15) is 12.4 Å². The van der Waals surface area contributed by atoms with Crippen LogP contribution < -0.4 is 10.1 Å². The average molecular weight is 359 g/mol. The van der Waals surface area contributed by atoms with Gasteiger partial charge in [0.15, 0.2) is 0 Å². The first-order valence-corrected chi connectivity index (χ1v) is 9.05. The van der Waals surface area contributed by atoms with E-state index in [-0.39, 0.29) is 24.6 Å². The van der Waals surface area contributed by atoms with Gasteiger partial charge in [-0.15, -0.1) is 0 Å². The molecule has 6 nitrogen and oxygen atoms in total. The SMILES string of the molecule is COc1ccc(NC(=O)[C@H]2CC=CC[C@@H]2C(=O)OC[C@@H]2CCCO2)cc1. The summed E-state index contributed by atoms with van der Waals surface area (Å²) in [5.41, 5.74) is 0.678. The van der Waals surface area contributed by atoms with Crippen LogP contribution in [-0.4, -0.2) is 38.3 Å². The monoisotopic (exact) mass is 359 g/mol. The molecule has 2 aliphatic rings. The fourth-order valence-electron chi connectivity index (χ4n) is 3.33. The number of allylic oxidation sites excluding steroid dienone is 2. The number of rotatable bonds is 6. The Labute approximate surface area is 153 Å². The summed E-state index contributed by atoms with van der Waals surface area (Å²) in [6.45, 7) is 0.993. The van der Waals surface area contributed by atoms with Crippen LogP contribution in [0.1, 0.15) is 25.7 Å². The van der Waals surface area contributed by atoms with Crippen molar-refractivity contribution in [2.45, 2.75) is 31.8 Å². The number of methoxy groups -OCH3 is 1. The Balaban J connectivity index is 1.58. The average Bonchev–Trinajstić information content (AvgIpc) is 3.20. The smallest absolute Gasteiger partial charge is 0.310 e. The van der Waals surface area contributed by atoms with Crippen molar-refractivity contribution < 1.29 is 23.8 Å².